The van der Waals surface area contributed by atoms with E-state index >= 15 is 0 Å². The Morgan fingerprint density at radius 2 is 1.41 bits per heavy atom. The Bertz CT molecular complexity index is 1150. The summed E-state index contributed by atoms with van der Waals surface area (Å²) in [4.78, 5) is 4.62. The fourth-order valence-corrected chi connectivity index (χ4v) is 4.41. The lowest BCUT2D eigenvalue weighted by Gasteiger charge is -2.15. The minimum absolute atomic E-state index is 0.517. The zero-order valence-electron chi connectivity index (χ0n) is 18.3. The van der Waals surface area contributed by atoms with Crippen LogP contribution in [0, 0.1) is 0 Å². The van der Waals surface area contributed by atoms with Crippen molar-refractivity contribution in [3.63, 3.8) is 0 Å². The first kappa shape index (κ1) is 20.7. The van der Waals surface area contributed by atoms with Gasteiger partial charge in [0, 0.05) is 17.3 Å². The van der Waals surface area contributed by atoms with Gasteiger partial charge in [-0.1, -0.05) is 84.9 Å². The molecule has 1 aliphatic rings. The number of hydrogen-bond donors (Lipinski definition) is 1. The topological polar surface area (TPSA) is 33.1 Å². The van der Waals surface area contributed by atoms with Gasteiger partial charge in [-0.3, -0.25) is 4.98 Å². The standard InChI is InChI=1S/C30H29NO/c32-29(10-4-8-22-6-2-1-3-7-22)28-9-5-21-31-30(28)27-19-17-26(18-20-27)25-15-13-24(14-16-25)23-11-12-23/h1-3,5-7,9,13-21,23,29,32H,4,8,10-12H2. The Labute approximate surface area is 190 Å². The number of aliphatic hydroxyl groups is 1. The first-order chi connectivity index (χ1) is 15.8. The average Bonchev–Trinajstić information content (AvgIpc) is 3.71. The Morgan fingerprint density at radius 1 is 0.750 bits per heavy atom. The Hall–Kier alpha value is -3.23. The summed E-state index contributed by atoms with van der Waals surface area (Å²) in [5, 5.41) is 10.9. The molecular formula is C30H29NO. The first-order valence-corrected chi connectivity index (χ1v) is 11.7. The van der Waals surface area contributed by atoms with E-state index in [0.717, 1.165) is 42.0 Å². The van der Waals surface area contributed by atoms with Gasteiger partial charge in [-0.2, -0.15) is 0 Å². The van der Waals surface area contributed by atoms with E-state index in [1.54, 1.807) is 6.20 Å². The Balaban J connectivity index is 1.29. The maximum absolute atomic E-state index is 10.9. The molecule has 32 heavy (non-hydrogen) atoms. The second-order valence-corrected chi connectivity index (χ2v) is 8.81. The molecule has 4 aromatic rings. The van der Waals surface area contributed by atoms with Gasteiger partial charge in [0.15, 0.2) is 0 Å². The van der Waals surface area contributed by atoms with Crippen LogP contribution in [0.15, 0.2) is 97.2 Å². The average molecular weight is 420 g/mol. The van der Waals surface area contributed by atoms with E-state index in [1.165, 1.54) is 35.1 Å². The van der Waals surface area contributed by atoms with Crippen molar-refractivity contribution in [1.29, 1.82) is 0 Å². The number of nitrogens with zero attached hydrogens (tertiary/aromatic N) is 1. The molecule has 5 rings (SSSR count). The van der Waals surface area contributed by atoms with Gasteiger partial charge in [0.2, 0.25) is 0 Å². The van der Waals surface area contributed by atoms with Crippen LogP contribution >= 0.6 is 0 Å². The molecule has 1 fully saturated rings. The molecule has 2 heteroatoms. The van der Waals surface area contributed by atoms with Crippen molar-refractivity contribution >= 4 is 0 Å². The molecule has 1 heterocycles. The van der Waals surface area contributed by atoms with Crippen LogP contribution in [0.5, 0.6) is 0 Å². The van der Waals surface area contributed by atoms with Gasteiger partial charge in [0.1, 0.15) is 0 Å². The van der Waals surface area contributed by atoms with Gasteiger partial charge in [0.05, 0.1) is 11.8 Å². The molecule has 160 valence electrons. The molecule has 0 bridgehead atoms. The number of hydrogen-bond acceptors (Lipinski definition) is 2. The van der Waals surface area contributed by atoms with Crippen LogP contribution in [0.1, 0.15) is 54.4 Å². The zero-order chi connectivity index (χ0) is 21.8. The van der Waals surface area contributed by atoms with E-state index < -0.39 is 6.10 Å². The fourth-order valence-electron chi connectivity index (χ4n) is 4.41. The molecule has 0 radical (unpaired) electrons. The SMILES string of the molecule is OC(CCCc1ccccc1)c1cccnc1-c1ccc(-c2ccc(C3CC3)cc2)cc1. The van der Waals surface area contributed by atoms with Crippen molar-refractivity contribution in [1.82, 2.24) is 4.98 Å². The summed E-state index contributed by atoms with van der Waals surface area (Å²) >= 11 is 0. The predicted octanol–water partition coefficient (Wildman–Crippen LogP) is 7.35. The van der Waals surface area contributed by atoms with Crippen molar-refractivity contribution in [3.8, 4) is 22.4 Å². The van der Waals surface area contributed by atoms with Gasteiger partial charge in [0.25, 0.3) is 0 Å². The molecule has 1 N–H and O–H groups in total. The zero-order valence-corrected chi connectivity index (χ0v) is 18.3. The smallest absolute Gasteiger partial charge is 0.0811 e. The van der Waals surface area contributed by atoms with Crippen LogP contribution in [0.3, 0.4) is 0 Å². The van der Waals surface area contributed by atoms with Gasteiger partial charge >= 0.3 is 0 Å². The Kier molecular flexibility index (Phi) is 6.13. The largest absolute Gasteiger partial charge is 0.388 e. The molecule has 3 aromatic carbocycles. The van der Waals surface area contributed by atoms with Crippen molar-refractivity contribution in [2.75, 3.05) is 0 Å². The van der Waals surface area contributed by atoms with Crippen molar-refractivity contribution in [2.24, 2.45) is 0 Å². The van der Waals surface area contributed by atoms with E-state index in [4.69, 9.17) is 0 Å². The molecule has 2 nitrogen and oxygen atoms in total. The molecule has 1 saturated carbocycles. The van der Waals surface area contributed by atoms with Crippen LogP contribution in [-0.2, 0) is 6.42 Å². The highest BCUT2D eigenvalue weighted by molar-refractivity contribution is 5.70. The second kappa shape index (κ2) is 9.50. The van der Waals surface area contributed by atoms with E-state index in [-0.39, 0.29) is 0 Å². The Morgan fingerprint density at radius 3 is 2.09 bits per heavy atom. The van der Waals surface area contributed by atoms with Crippen LogP contribution < -0.4 is 0 Å². The second-order valence-electron chi connectivity index (χ2n) is 8.81. The molecule has 0 spiro atoms. The third kappa shape index (κ3) is 4.81. The highest BCUT2D eigenvalue weighted by atomic mass is 16.3. The lowest BCUT2D eigenvalue weighted by Crippen LogP contribution is -2.02. The number of rotatable bonds is 8. The van der Waals surface area contributed by atoms with Crippen LogP contribution in [-0.4, -0.2) is 10.1 Å². The van der Waals surface area contributed by atoms with Crippen molar-refractivity contribution in [2.45, 2.75) is 44.1 Å². The molecule has 1 atom stereocenters. The molecule has 1 aromatic heterocycles. The molecule has 1 aliphatic carbocycles. The maximum atomic E-state index is 10.9. The fraction of sp³-hybridized carbons (Fsp3) is 0.233. The normalized spacial score (nSPS) is 14.3. The number of aryl methyl sites for hydroxylation is 1. The summed E-state index contributed by atoms with van der Waals surface area (Å²) in [6, 6.07) is 31.9. The van der Waals surface area contributed by atoms with Crippen LogP contribution in [0.4, 0.5) is 0 Å². The summed E-state index contributed by atoms with van der Waals surface area (Å²) in [5.41, 5.74) is 8.04. The van der Waals surface area contributed by atoms with Gasteiger partial charge < -0.3 is 5.11 Å². The molecule has 1 unspecified atom stereocenters. The summed E-state index contributed by atoms with van der Waals surface area (Å²) in [6.07, 6.45) is 6.59. The van der Waals surface area contributed by atoms with E-state index in [9.17, 15) is 5.11 Å². The maximum Gasteiger partial charge on any atom is 0.0811 e. The van der Waals surface area contributed by atoms with E-state index in [2.05, 4.69) is 77.8 Å². The summed E-state index contributed by atoms with van der Waals surface area (Å²) in [6.45, 7) is 0. The highest BCUT2D eigenvalue weighted by Gasteiger charge is 2.23. The molecule has 0 amide bonds. The lowest BCUT2D eigenvalue weighted by atomic mass is 9.95. The quantitative estimate of drug-likeness (QED) is 0.324. The number of benzene rings is 3. The summed E-state index contributed by atoms with van der Waals surface area (Å²) in [7, 11) is 0. The van der Waals surface area contributed by atoms with Gasteiger partial charge in [-0.05, 0) is 66.3 Å². The van der Waals surface area contributed by atoms with E-state index in [1.807, 2.05) is 18.2 Å². The van der Waals surface area contributed by atoms with Crippen LogP contribution in [0.2, 0.25) is 0 Å². The van der Waals surface area contributed by atoms with E-state index in [0.29, 0.717) is 0 Å². The van der Waals surface area contributed by atoms with Crippen molar-refractivity contribution in [3.05, 3.63) is 114 Å². The predicted molar refractivity (Wildman–Crippen MR) is 131 cm³/mol. The number of aliphatic hydroxyl groups excluding tert-OH is 1. The summed E-state index contributed by atoms with van der Waals surface area (Å²) < 4.78 is 0. The van der Waals surface area contributed by atoms with Gasteiger partial charge in [-0.15, -0.1) is 0 Å². The summed E-state index contributed by atoms with van der Waals surface area (Å²) in [5.74, 6) is 0.785. The lowest BCUT2D eigenvalue weighted by molar-refractivity contribution is 0.165. The minimum Gasteiger partial charge on any atom is -0.388 e. The van der Waals surface area contributed by atoms with Crippen molar-refractivity contribution < 1.29 is 5.11 Å². The first-order valence-electron chi connectivity index (χ1n) is 11.7. The monoisotopic (exact) mass is 419 g/mol. The van der Waals surface area contributed by atoms with Crippen LogP contribution in [0.25, 0.3) is 22.4 Å². The molecule has 0 saturated heterocycles. The highest BCUT2D eigenvalue weighted by Crippen LogP contribution is 2.40. The third-order valence-electron chi connectivity index (χ3n) is 6.43. The molecule has 0 aliphatic heterocycles. The number of aromatic nitrogens is 1. The third-order valence-corrected chi connectivity index (χ3v) is 6.43. The van der Waals surface area contributed by atoms with Gasteiger partial charge in [-0.25, -0.2) is 0 Å². The number of pyridine rings is 1. The minimum atomic E-state index is -0.517. The molecular weight excluding hydrogens is 390 g/mol.